The first-order chi connectivity index (χ1) is 7.79. The summed E-state index contributed by atoms with van der Waals surface area (Å²) in [7, 11) is 0. The lowest BCUT2D eigenvalue weighted by Gasteiger charge is -2.20. The van der Waals surface area contributed by atoms with E-state index in [-0.39, 0.29) is 0 Å². The van der Waals surface area contributed by atoms with E-state index in [9.17, 15) is 0 Å². The van der Waals surface area contributed by atoms with Crippen molar-refractivity contribution in [3.05, 3.63) is 34.7 Å². The largest absolute Gasteiger partial charge is 0.368 e. The molecule has 0 fully saturated rings. The number of nitrogen functional groups attached to an aromatic ring is 1. The van der Waals surface area contributed by atoms with Gasteiger partial charge in [-0.2, -0.15) is 4.98 Å². The summed E-state index contributed by atoms with van der Waals surface area (Å²) in [4.78, 5) is 11.6. The molecule has 4 nitrogen and oxygen atoms in total. The summed E-state index contributed by atoms with van der Waals surface area (Å²) in [6, 6.07) is 6.06. The van der Waals surface area contributed by atoms with Crippen LogP contribution in [0.4, 0.5) is 11.8 Å². The molecule has 0 atom stereocenters. The fourth-order valence-electron chi connectivity index (χ4n) is 1.49. The Morgan fingerprint density at radius 3 is 2.94 bits per heavy atom. The van der Waals surface area contributed by atoms with Gasteiger partial charge in [-0.15, -0.1) is 11.3 Å². The van der Waals surface area contributed by atoms with Crippen LogP contribution in [0.2, 0.25) is 0 Å². The lowest BCUT2D eigenvalue weighted by Crippen LogP contribution is -2.22. The molecule has 2 aromatic heterocycles. The van der Waals surface area contributed by atoms with Crippen LogP contribution in [0.15, 0.2) is 29.8 Å². The highest BCUT2D eigenvalue weighted by Gasteiger charge is 2.07. The number of aromatic nitrogens is 2. The normalized spacial score (nSPS) is 10.3. The standard InChI is InChI=1S/C11H14N4S/c1-2-15(8-9-4-3-7-16-9)10-5-6-13-11(12)14-10/h3-7H,2,8H2,1H3,(H2,12,13,14). The number of thiophene rings is 1. The second-order valence-corrected chi connectivity index (χ2v) is 4.40. The van der Waals surface area contributed by atoms with E-state index in [2.05, 4.69) is 39.3 Å². The molecule has 0 aliphatic carbocycles. The number of hydrogen-bond donors (Lipinski definition) is 1. The molecule has 2 aromatic rings. The molecule has 0 radical (unpaired) electrons. The van der Waals surface area contributed by atoms with E-state index in [0.29, 0.717) is 5.95 Å². The molecule has 0 saturated carbocycles. The minimum Gasteiger partial charge on any atom is -0.368 e. The molecular formula is C11H14N4S. The van der Waals surface area contributed by atoms with Gasteiger partial charge in [-0.1, -0.05) is 6.07 Å². The molecule has 0 unspecified atom stereocenters. The molecule has 0 saturated heterocycles. The Morgan fingerprint density at radius 2 is 2.31 bits per heavy atom. The lowest BCUT2D eigenvalue weighted by molar-refractivity contribution is 0.821. The summed E-state index contributed by atoms with van der Waals surface area (Å²) in [6.07, 6.45) is 1.69. The van der Waals surface area contributed by atoms with Gasteiger partial charge in [0.2, 0.25) is 5.95 Å². The highest BCUT2D eigenvalue weighted by Crippen LogP contribution is 2.17. The van der Waals surface area contributed by atoms with Gasteiger partial charge < -0.3 is 10.6 Å². The SMILES string of the molecule is CCN(Cc1cccs1)c1ccnc(N)n1. The predicted molar refractivity (Wildman–Crippen MR) is 67.5 cm³/mol. The first-order valence-electron chi connectivity index (χ1n) is 5.15. The van der Waals surface area contributed by atoms with Gasteiger partial charge in [0, 0.05) is 17.6 Å². The van der Waals surface area contributed by atoms with Crippen molar-refractivity contribution in [2.75, 3.05) is 17.2 Å². The van der Waals surface area contributed by atoms with Crippen molar-refractivity contribution >= 4 is 23.1 Å². The molecule has 2 heterocycles. The van der Waals surface area contributed by atoms with Gasteiger partial charge in [0.1, 0.15) is 5.82 Å². The van der Waals surface area contributed by atoms with Crippen LogP contribution in [0.1, 0.15) is 11.8 Å². The van der Waals surface area contributed by atoms with Crippen LogP contribution in [-0.2, 0) is 6.54 Å². The third kappa shape index (κ3) is 2.49. The van der Waals surface area contributed by atoms with Crippen molar-refractivity contribution in [1.29, 1.82) is 0 Å². The maximum atomic E-state index is 5.58. The number of anilines is 2. The van der Waals surface area contributed by atoms with Crippen molar-refractivity contribution in [2.45, 2.75) is 13.5 Å². The molecule has 84 valence electrons. The van der Waals surface area contributed by atoms with E-state index in [0.717, 1.165) is 18.9 Å². The molecule has 0 aromatic carbocycles. The second-order valence-electron chi connectivity index (χ2n) is 3.37. The Labute approximate surface area is 98.8 Å². The van der Waals surface area contributed by atoms with Crippen LogP contribution >= 0.6 is 11.3 Å². The Morgan fingerprint density at radius 1 is 1.44 bits per heavy atom. The number of hydrogen-bond acceptors (Lipinski definition) is 5. The number of nitrogens with two attached hydrogens (primary N) is 1. The molecule has 5 heteroatoms. The van der Waals surface area contributed by atoms with Gasteiger partial charge in [-0.25, -0.2) is 4.98 Å². The quantitative estimate of drug-likeness (QED) is 0.880. The Balaban J connectivity index is 2.16. The summed E-state index contributed by atoms with van der Waals surface area (Å²) in [5.74, 6) is 1.20. The zero-order valence-electron chi connectivity index (χ0n) is 9.13. The third-order valence-corrected chi connectivity index (χ3v) is 3.15. The summed E-state index contributed by atoms with van der Waals surface area (Å²) in [5, 5.41) is 2.08. The first kappa shape index (κ1) is 10.9. The fraction of sp³-hybridized carbons (Fsp3) is 0.273. The average molecular weight is 234 g/mol. The van der Waals surface area contributed by atoms with E-state index in [1.165, 1.54) is 4.88 Å². The van der Waals surface area contributed by atoms with Crippen molar-refractivity contribution < 1.29 is 0 Å². The van der Waals surface area contributed by atoms with Crippen molar-refractivity contribution in [3.8, 4) is 0 Å². The van der Waals surface area contributed by atoms with Crippen molar-refractivity contribution in [2.24, 2.45) is 0 Å². The van der Waals surface area contributed by atoms with Crippen LogP contribution in [0.3, 0.4) is 0 Å². The molecular weight excluding hydrogens is 220 g/mol. The van der Waals surface area contributed by atoms with E-state index in [1.807, 2.05) is 6.07 Å². The summed E-state index contributed by atoms with van der Waals surface area (Å²) in [6.45, 7) is 3.87. The number of rotatable bonds is 4. The number of nitrogens with zero attached hydrogens (tertiary/aromatic N) is 3. The average Bonchev–Trinajstić information content (AvgIpc) is 2.78. The third-order valence-electron chi connectivity index (χ3n) is 2.29. The first-order valence-corrected chi connectivity index (χ1v) is 6.03. The minimum absolute atomic E-state index is 0.321. The highest BCUT2D eigenvalue weighted by atomic mass is 32.1. The van der Waals surface area contributed by atoms with E-state index in [1.54, 1.807) is 17.5 Å². The predicted octanol–water partition coefficient (Wildman–Crippen LogP) is 2.15. The monoisotopic (exact) mass is 234 g/mol. The summed E-state index contributed by atoms with van der Waals surface area (Å²) >= 11 is 1.75. The maximum Gasteiger partial charge on any atom is 0.221 e. The van der Waals surface area contributed by atoms with Crippen LogP contribution in [0.25, 0.3) is 0 Å². The van der Waals surface area contributed by atoms with Crippen LogP contribution < -0.4 is 10.6 Å². The Kier molecular flexibility index (Phi) is 3.36. The summed E-state index contributed by atoms with van der Waals surface area (Å²) in [5.41, 5.74) is 5.58. The minimum atomic E-state index is 0.321. The van der Waals surface area contributed by atoms with Gasteiger partial charge in [0.05, 0.1) is 6.54 Å². The summed E-state index contributed by atoms with van der Waals surface area (Å²) < 4.78 is 0. The van der Waals surface area contributed by atoms with Crippen molar-refractivity contribution in [3.63, 3.8) is 0 Å². The molecule has 0 aliphatic rings. The zero-order valence-corrected chi connectivity index (χ0v) is 9.94. The Hall–Kier alpha value is -1.62. The van der Waals surface area contributed by atoms with Crippen molar-refractivity contribution in [1.82, 2.24) is 9.97 Å². The molecule has 0 aliphatic heterocycles. The molecule has 2 N–H and O–H groups in total. The zero-order chi connectivity index (χ0) is 11.4. The molecule has 0 amide bonds. The fourth-order valence-corrected chi connectivity index (χ4v) is 2.20. The van der Waals surface area contributed by atoms with E-state index < -0.39 is 0 Å². The van der Waals surface area contributed by atoms with Crippen LogP contribution in [-0.4, -0.2) is 16.5 Å². The van der Waals surface area contributed by atoms with Gasteiger partial charge in [-0.05, 0) is 24.4 Å². The van der Waals surface area contributed by atoms with Crippen LogP contribution in [0.5, 0.6) is 0 Å². The smallest absolute Gasteiger partial charge is 0.221 e. The second kappa shape index (κ2) is 4.94. The van der Waals surface area contributed by atoms with E-state index in [4.69, 9.17) is 5.73 Å². The van der Waals surface area contributed by atoms with Gasteiger partial charge in [0.25, 0.3) is 0 Å². The molecule has 0 spiro atoms. The highest BCUT2D eigenvalue weighted by molar-refractivity contribution is 7.09. The van der Waals surface area contributed by atoms with Gasteiger partial charge in [-0.3, -0.25) is 0 Å². The van der Waals surface area contributed by atoms with Crippen LogP contribution in [0, 0.1) is 0 Å². The topological polar surface area (TPSA) is 55.0 Å². The van der Waals surface area contributed by atoms with E-state index >= 15 is 0 Å². The molecule has 2 rings (SSSR count). The molecule has 0 bridgehead atoms. The Bertz CT molecular complexity index is 441. The van der Waals surface area contributed by atoms with Gasteiger partial charge >= 0.3 is 0 Å². The van der Waals surface area contributed by atoms with Gasteiger partial charge in [0.15, 0.2) is 0 Å². The molecule has 16 heavy (non-hydrogen) atoms. The maximum absolute atomic E-state index is 5.58. The lowest BCUT2D eigenvalue weighted by atomic mass is 10.4.